The van der Waals surface area contributed by atoms with E-state index in [2.05, 4.69) is 0 Å². The largest absolute Gasteiger partial charge is 0.460 e. The van der Waals surface area contributed by atoms with Crippen LogP contribution < -0.4 is 5.73 Å². The van der Waals surface area contributed by atoms with Gasteiger partial charge in [-0.2, -0.15) is 0 Å². The zero-order chi connectivity index (χ0) is 18.0. The average Bonchev–Trinajstić information content (AvgIpc) is 2.83. The maximum Gasteiger partial charge on any atom is 0.249 e. The number of carbonyl (C=O) groups excluding carboxylic acids is 1. The predicted molar refractivity (Wildman–Crippen MR) is 95.9 cm³/mol. The summed E-state index contributed by atoms with van der Waals surface area (Å²) in [4.78, 5) is 12.5. The summed E-state index contributed by atoms with van der Waals surface area (Å²) in [7, 11) is 0. The van der Waals surface area contributed by atoms with Crippen molar-refractivity contribution in [2.24, 2.45) is 5.73 Å². The van der Waals surface area contributed by atoms with Crippen molar-refractivity contribution in [3.8, 4) is 0 Å². The monoisotopic (exact) mass is 397 g/mol. The van der Waals surface area contributed by atoms with Crippen LogP contribution >= 0.6 is 23.2 Å². The number of nitrogens with two attached hydrogens (primary N) is 1. The lowest BCUT2D eigenvalue weighted by molar-refractivity contribution is -0.123. The van der Waals surface area contributed by atoms with Gasteiger partial charge in [0.05, 0.1) is 5.75 Å². The minimum absolute atomic E-state index is 0.124. The molecule has 3 rings (SSSR count). The molecule has 25 heavy (non-hydrogen) atoms. The van der Waals surface area contributed by atoms with Crippen LogP contribution in [0.2, 0.25) is 10.0 Å². The molecule has 0 radical (unpaired) electrons. The molecule has 8 heteroatoms. The molecular weight excluding hydrogens is 385 g/mol. The number of ether oxygens (including phenoxy) is 1. The van der Waals surface area contributed by atoms with Gasteiger partial charge in [-0.25, -0.2) is 4.21 Å². The number of halogens is 2. The average molecular weight is 398 g/mol. The summed E-state index contributed by atoms with van der Waals surface area (Å²) in [6.45, 7) is 0. The first-order valence-corrected chi connectivity index (χ1v) is 9.21. The molecule has 1 heterocycles. The lowest BCUT2D eigenvalue weighted by atomic mass is 10.1. The maximum atomic E-state index is 12.5. The molecule has 0 amide bonds. The van der Waals surface area contributed by atoms with Crippen LogP contribution in [0.4, 0.5) is 0 Å². The van der Waals surface area contributed by atoms with E-state index in [0.717, 1.165) is 5.56 Å². The van der Waals surface area contributed by atoms with Gasteiger partial charge >= 0.3 is 0 Å². The topological polar surface area (TPSA) is 78.6 Å². The van der Waals surface area contributed by atoms with Gasteiger partial charge in [0.25, 0.3) is 0 Å². The Morgan fingerprint density at radius 2 is 1.76 bits per heavy atom. The molecule has 0 saturated carbocycles. The number of Topliss-reactive ketones (excluding diaryl/α,β-unsaturated/α-hetero) is 1. The van der Waals surface area contributed by atoms with Gasteiger partial charge in [0, 0.05) is 15.6 Å². The van der Waals surface area contributed by atoms with Gasteiger partial charge in [-0.1, -0.05) is 53.5 Å². The standard InChI is InChI=1S/C17H13Cl2NO4S/c18-12-6-11(7-13(19)8-12)15-14(21)16(17(20)23-15)24-25(22)9-10-4-2-1-3-5-10/h1-8,15H,9,20H2. The fraction of sp³-hybridized carbons (Fsp3) is 0.118. The molecule has 2 aromatic rings. The minimum atomic E-state index is -1.77. The molecule has 0 spiro atoms. The van der Waals surface area contributed by atoms with Gasteiger partial charge < -0.3 is 14.7 Å². The van der Waals surface area contributed by atoms with Crippen LogP contribution in [0.15, 0.2) is 60.2 Å². The molecule has 2 N–H and O–H groups in total. The van der Waals surface area contributed by atoms with Gasteiger partial charge in [0.15, 0.2) is 6.10 Å². The molecule has 0 bridgehead atoms. The van der Waals surface area contributed by atoms with E-state index < -0.39 is 23.0 Å². The molecule has 2 aromatic carbocycles. The summed E-state index contributed by atoms with van der Waals surface area (Å²) in [6.07, 6.45) is -1.03. The Bertz CT molecular complexity index is 850. The highest BCUT2D eigenvalue weighted by atomic mass is 35.5. The maximum absolute atomic E-state index is 12.5. The van der Waals surface area contributed by atoms with E-state index in [-0.39, 0.29) is 17.4 Å². The second-order valence-electron chi connectivity index (χ2n) is 5.28. The molecule has 2 unspecified atom stereocenters. The van der Waals surface area contributed by atoms with Crippen LogP contribution in [0.3, 0.4) is 0 Å². The third kappa shape index (κ3) is 4.15. The van der Waals surface area contributed by atoms with Crippen LogP contribution in [0, 0.1) is 0 Å². The van der Waals surface area contributed by atoms with Crippen LogP contribution in [0.25, 0.3) is 0 Å². The lowest BCUT2D eigenvalue weighted by Crippen LogP contribution is -2.13. The number of carbonyl (C=O) groups is 1. The Balaban J connectivity index is 1.73. The van der Waals surface area contributed by atoms with Crippen LogP contribution in [-0.2, 0) is 30.5 Å². The minimum Gasteiger partial charge on any atom is -0.460 e. The third-order valence-corrected chi connectivity index (χ3v) is 4.78. The summed E-state index contributed by atoms with van der Waals surface area (Å²) >= 11 is 10.1. The third-order valence-electron chi connectivity index (χ3n) is 3.42. The highest BCUT2D eigenvalue weighted by Gasteiger charge is 2.38. The Kier molecular flexibility index (Phi) is 5.32. The summed E-state index contributed by atoms with van der Waals surface area (Å²) in [5.74, 6) is -0.876. The first kappa shape index (κ1) is 17.8. The van der Waals surface area contributed by atoms with Gasteiger partial charge in [0.2, 0.25) is 28.5 Å². The zero-order valence-electron chi connectivity index (χ0n) is 12.8. The molecular formula is C17H13Cl2NO4S. The molecule has 1 aliphatic rings. The first-order chi connectivity index (χ1) is 11.9. The Labute approximate surface area is 157 Å². The van der Waals surface area contributed by atoms with Crippen molar-refractivity contribution in [1.82, 2.24) is 0 Å². The molecule has 0 aliphatic carbocycles. The van der Waals surface area contributed by atoms with Crippen LogP contribution in [-0.4, -0.2) is 9.99 Å². The number of rotatable bonds is 5. The molecule has 130 valence electrons. The van der Waals surface area contributed by atoms with Crippen molar-refractivity contribution in [3.63, 3.8) is 0 Å². The SMILES string of the molecule is NC1=C(OS(=O)Cc2ccccc2)C(=O)C(c2cc(Cl)cc(Cl)c2)O1. The van der Waals surface area contributed by atoms with Gasteiger partial charge in [0.1, 0.15) is 0 Å². The van der Waals surface area contributed by atoms with Crippen molar-refractivity contribution in [2.45, 2.75) is 11.9 Å². The Hall–Kier alpha value is -2.02. The van der Waals surface area contributed by atoms with E-state index in [4.69, 9.17) is 37.9 Å². The Morgan fingerprint density at radius 3 is 2.40 bits per heavy atom. The van der Waals surface area contributed by atoms with Gasteiger partial charge in [-0.15, -0.1) is 0 Å². The van der Waals surface area contributed by atoms with Crippen LogP contribution in [0.5, 0.6) is 0 Å². The molecule has 0 saturated heterocycles. The van der Waals surface area contributed by atoms with Crippen molar-refractivity contribution in [2.75, 3.05) is 0 Å². The smallest absolute Gasteiger partial charge is 0.249 e. The molecule has 1 aliphatic heterocycles. The van der Waals surface area contributed by atoms with Crippen molar-refractivity contribution in [1.29, 1.82) is 0 Å². The van der Waals surface area contributed by atoms with E-state index in [9.17, 15) is 9.00 Å². The van der Waals surface area contributed by atoms with Crippen molar-refractivity contribution < 1.29 is 17.9 Å². The number of hydrogen-bond acceptors (Lipinski definition) is 5. The van der Waals surface area contributed by atoms with E-state index in [1.165, 1.54) is 6.07 Å². The Morgan fingerprint density at radius 1 is 1.12 bits per heavy atom. The van der Waals surface area contributed by atoms with Gasteiger partial charge in [-0.3, -0.25) is 4.79 Å². The second-order valence-corrected chi connectivity index (χ2v) is 7.21. The molecule has 0 fully saturated rings. The molecule has 2 atom stereocenters. The lowest BCUT2D eigenvalue weighted by Gasteiger charge is -2.10. The van der Waals surface area contributed by atoms with E-state index >= 15 is 0 Å². The highest BCUT2D eigenvalue weighted by molar-refractivity contribution is 7.79. The fourth-order valence-corrected chi connectivity index (χ4v) is 3.75. The van der Waals surface area contributed by atoms with E-state index in [1.54, 1.807) is 12.1 Å². The van der Waals surface area contributed by atoms with E-state index in [1.807, 2.05) is 30.3 Å². The first-order valence-electron chi connectivity index (χ1n) is 7.21. The molecule has 5 nitrogen and oxygen atoms in total. The second kappa shape index (κ2) is 7.47. The summed E-state index contributed by atoms with van der Waals surface area (Å²) in [5.41, 5.74) is 6.98. The number of benzene rings is 2. The normalized spacial score (nSPS) is 18.2. The van der Waals surface area contributed by atoms with Gasteiger partial charge in [-0.05, 0) is 23.8 Å². The van der Waals surface area contributed by atoms with Crippen molar-refractivity contribution in [3.05, 3.63) is 81.3 Å². The van der Waals surface area contributed by atoms with Crippen LogP contribution in [0.1, 0.15) is 17.2 Å². The fourth-order valence-electron chi connectivity index (χ4n) is 2.34. The predicted octanol–water partition coefficient (Wildman–Crippen LogP) is 3.64. The summed E-state index contributed by atoms with van der Waals surface area (Å²) < 4.78 is 22.8. The molecule has 0 aromatic heterocycles. The highest BCUT2D eigenvalue weighted by Crippen LogP contribution is 2.34. The van der Waals surface area contributed by atoms with Crippen molar-refractivity contribution >= 4 is 40.1 Å². The summed E-state index contributed by atoms with van der Waals surface area (Å²) in [6, 6.07) is 13.7. The van der Waals surface area contributed by atoms with E-state index in [0.29, 0.717) is 15.6 Å². The number of ketones is 1. The quantitative estimate of drug-likeness (QED) is 0.832. The number of hydrogen-bond donors (Lipinski definition) is 1. The summed E-state index contributed by atoms with van der Waals surface area (Å²) in [5, 5.41) is 0.721. The zero-order valence-corrected chi connectivity index (χ0v) is 15.1.